The molecule has 0 amide bonds. The molecular weight excluding hydrogens is 252 g/mol. The summed E-state index contributed by atoms with van der Waals surface area (Å²) < 4.78 is 12.2. The van der Waals surface area contributed by atoms with E-state index in [9.17, 15) is 0 Å². The molecule has 0 bridgehead atoms. The zero-order valence-electron chi connectivity index (χ0n) is 12.9. The number of nitrogens with two attached hydrogens (primary N) is 1. The summed E-state index contributed by atoms with van der Waals surface area (Å²) in [5.41, 5.74) is 5.95. The third-order valence-electron chi connectivity index (χ3n) is 5.51. The van der Waals surface area contributed by atoms with Gasteiger partial charge in [0.15, 0.2) is 5.79 Å². The molecule has 2 saturated carbocycles. The van der Waals surface area contributed by atoms with E-state index in [1.807, 2.05) is 0 Å². The van der Waals surface area contributed by atoms with Crippen LogP contribution in [0.1, 0.15) is 51.4 Å². The molecule has 1 spiro atoms. The number of ether oxygens (including phenoxy) is 2. The van der Waals surface area contributed by atoms with Gasteiger partial charge in [0, 0.05) is 25.4 Å². The van der Waals surface area contributed by atoms with Crippen molar-refractivity contribution in [2.75, 3.05) is 26.7 Å². The zero-order valence-corrected chi connectivity index (χ0v) is 12.9. The van der Waals surface area contributed by atoms with Crippen molar-refractivity contribution >= 4 is 0 Å². The van der Waals surface area contributed by atoms with Gasteiger partial charge in [-0.05, 0) is 45.2 Å². The summed E-state index contributed by atoms with van der Waals surface area (Å²) >= 11 is 0. The Kier molecular flexibility index (Phi) is 4.65. The zero-order chi connectivity index (χ0) is 14.0. The fourth-order valence-corrected chi connectivity index (χ4v) is 4.38. The lowest BCUT2D eigenvalue weighted by molar-refractivity contribution is -0.163. The molecule has 3 atom stereocenters. The molecule has 3 fully saturated rings. The quantitative estimate of drug-likeness (QED) is 0.858. The maximum atomic E-state index is 6.25. The fourth-order valence-electron chi connectivity index (χ4n) is 4.38. The van der Waals surface area contributed by atoms with Crippen LogP contribution in [0, 0.1) is 5.92 Å². The van der Waals surface area contributed by atoms with Crippen molar-refractivity contribution in [1.29, 1.82) is 0 Å². The van der Waals surface area contributed by atoms with Gasteiger partial charge in [0.25, 0.3) is 0 Å². The highest BCUT2D eigenvalue weighted by Crippen LogP contribution is 2.39. The molecule has 0 aromatic heterocycles. The molecule has 3 aliphatic rings. The Morgan fingerprint density at radius 1 is 1.15 bits per heavy atom. The molecule has 0 aromatic rings. The first-order valence-corrected chi connectivity index (χ1v) is 8.44. The van der Waals surface area contributed by atoms with E-state index in [2.05, 4.69) is 11.9 Å². The van der Waals surface area contributed by atoms with Crippen LogP contribution in [-0.4, -0.2) is 49.6 Å². The van der Waals surface area contributed by atoms with Crippen LogP contribution < -0.4 is 5.73 Å². The monoisotopic (exact) mass is 282 g/mol. The second-order valence-electron chi connectivity index (χ2n) is 6.96. The topological polar surface area (TPSA) is 47.7 Å². The third kappa shape index (κ3) is 3.03. The molecule has 0 aromatic carbocycles. The Bertz CT molecular complexity index is 318. The maximum absolute atomic E-state index is 6.25. The first-order valence-electron chi connectivity index (χ1n) is 8.44. The van der Waals surface area contributed by atoms with Crippen molar-refractivity contribution in [3.63, 3.8) is 0 Å². The molecule has 4 heteroatoms. The highest BCUT2D eigenvalue weighted by atomic mass is 16.7. The van der Waals surface area contributed by atoms with E-state index >= 15 is 0 Å². The summed E-state index contributed by atoms with van der Waals surface area (Å²) in [6.45, 7) is 2.58. The Morgan fingerprint density at radius 2 is 1.90 bits per heavy atom. The minimum Gasteiger partial charge on any atom is -0.347 e. The van der Waals surface area contributed by atoms with Crippen LogP contribution in [0.5, 0.6) is 0 Å². The van der Waals surface area contributed by atoms with Gasteiger partial charge in [-0.1, -0.05) is 12.8 Å². The van der Waals surface area contributed by atoms with Crippen LogP contribution >= 0.6 is 0 Å². The molecule has 1 aliphatic heterocycles. The number of nitrogens with zero attached hydrogens (tertiary/aromatic N) is 1. The van der Waals surface area contributed by atoms with Gasteiger partial charge in [0.1, 0.15) is 0 Å². The van der Waals surface area contributed by atoms with Gasteiger partial charge in [-0.25, -0.2) is 0 Å². The number of likely N-dealkylation sites (N-methyl/N-ethyl adjacent to an activating group) is 1. The fraction of sp³-hybridized carbons (Fsp3) is 1.00. The van der Waals surface area contributed by atoms with Gasteiger partial charge in [-0.15, -0.1) is 0 Å². The maximum Gasteiger partial charge on any atom is 0.168 e. The smallest absolute Gasteiger partial charge is 0.168 e. The average Bonchev–Trinajstić information content (AvgIpc) is 3.09. The van der Waals surface area contributed by atoms with Crippen LogP contribution in [0.4, 0.5) is 0 Å². The van der Waals surface area contributed by atoms with E-state index in [1.54, 1.807) is 0 Å². The van der Waals surface area contributed by atoms with Crippen molar-refractivity contribution in [2.24, 2.45) is 11.7 Å². The van der Waals surface area contributed by atoms with Crippen LogP contribution in [0.3, 0.4) is 0 Å². The molecule has 1 saturated heterocycles. The lowest BCUT2D eigenvalue weighted by Gasteiger charge is -2.38. The molecule has 2 N–H and O–H groups in total. The van der Waals surface area contributed by atoms with Crippen molar-refractivity contribution in [2.45, 2.75) is 69.3 Å². The third-order valence-corrected chi connectivity index (χ3v) is 5.51. The average molecular weight is 282 g/mol. The molecule has 3 rings (SSSR count). The molecule has 3 unspecified atom stereocenters. The normalized spacial score (nSPS) is 37.0. The summed E-state index contributed by atoms with van der Waals surface area (Å²) in [6.07, 6.45) is 10.2. The Balaban J connectivity index is 1.52. The number of hydrogen-bond acceptors (Lipinski definition) is 4. The summed E-state index contributed by atoms with van der Waals surface area (Å²) in [4.78, 5) is 2.48. The molecule has 0 radical (unpaired) electrons. The van der Waals surface area contributed by atoms with E-state index in [-0.39, 0.29) is 11.9 Å². The number of hydrogen-bond donors (Lipinski definition) is 1. The molecule has 20 heavy (non-hydrogen) atoms. The summed E-state index contributed by atoms with van der Waals surface area (Å²) in [5.74, 6) is 0.447. The standard InChI is InChI=1S/C16H30N2O2/c1-18(15-7-3-2-6-13(15)10-17)11-14-12-19-16(20-14)8-4-5-9-16/h13-15H,2-12,17H2,1H3. The van der Waals surface area contributed by atoms with Crippen LogP contribution in [0.25, 0.3) is 0 Å². The molecule has 116 valence electrons. The first-order chi connectivity index (χ1) is 9.72. The van der Waals surface area contributed by atoms with E-state index < -0.39 is 0 Å². The second-order valence-corrected chi connectivity index (χ2v) is 6.96. The Hall–Kier alpha value is -0.160. The summed E-state index contributed by atoms with van der Waals surface area (Å²) in [7, 11) is 2.24. The van der Waals surface area contributed by atoms with E-state index in [0.717, 1.165) is 32.5 Å². The molecule has 2 aliphatic carbocycles. The van der Waals surface area contributed by atoms with Crippen LogP contribution in [0.15, 0.2) is 0 Å². The minimum atomic E-state index is -0.217. The minimum absolute atomic E-state index is 0.217. The summed E-state index contributed by atoms with van der Waals surface area (Å²) in [6, 6.07) is 0.637. The SMILES string of the molecule is CN(CC1COC2(CCCC2)O1)C1CCCCC1CN. The van der Waals surface area contributed by atoms with Gasteiger partial charge in [0.2, 0.25) is 0 Å². The first kappa shape index (κ1) is 14.8. The molecule has 1 heterocycles. The van der Waals surface area contributed by atoms with E-state index in [1.165, 1.54) is 38.5 Å². The van der Waals surface area contributed by atoms with Gasteiger partial charge >= 0.3 is 0 Å². The van der Waals surface area contributed by atoms with Gasteiger partial charge in [-0.3, -0.25) is 0 Å². The van der Waals surface area contributed by atoms with Crippen molar-refractivity contribution in [3.05, 3.63) is 0 Å². The molecule has 4 nitrogen and oxygen atoms in total. The predicted molar refractivity (Wildman–Crippen MR) is 79.5 cm³/mol. The van der Waals surface area contributed by atoms with Crippen molar-refractivity contribution in [1.82, 2.24) is 4.90 Å². The Labute approximate surface area is 123 Å². The largest absolute Gasteiger partial charge is 0.347 e. The molecular formula is C16H30N2O2. The van der Waals surface area contributed by atoms with Crippen molar-refractivity contribution < 1.29 is 9.47 Å². The van der Waals surface area contributed by atoms with Crippen molar-refractivity contribution in [3.8, 4) is 0 Å². The van der Waals surface area contributed by atoms with Crippen LogP contribution in [-0.2, 0) is 9.47 Å². The number of rotatable bonds is 4. The highest BCUT2D eigenvalue weighted by molar-refractivity contribution is 4.88. The van der Waals surface area contributed by atoms with Gasteiger partial charge in [0.05, 0.1) is 12.7 Å². The lowest BCUT2D eigenvalue weighted by atomic mass is 9.83. The van der Waals surface area contributed by atoms with Gasteiger partial charge in [-0.2, -0.15) is 0 Å². The Morgan fingerprint density at radius 3 is 2.65 bits per heavy atom. The van der Waals surface area contributed by atoms with E-state index in [4.69, 9.17) is 15.2 Å². The van der Waals surface area contributed by atoms with Crippen LogP contribution in [0.2, 0.25) is 0 Å². The highest BCUT2D eigenvalue weighted by Gasteiger charge is 2.44. The predicted octanol–water partition coefficient (Wildman–Crippen LogP) is 2.12. The summed E-state index contributed by atoms with van der Waals surface area (Å²) in [5, 5.41) is 0. The van der Waals surface area contributed by atoms with E-state index in [0.29, 0.717) is 12.0 Å². The second kappa shape index (κ2) is 6.30. The van der Waals surface area contributed by atoms with Gasteiger partial charge < -0.3 is 20.1 Å². The lowest BCUT2D eigenvalue weighted by Crippen LogP contribution is -2.46.